The van der Waals surface area contributed by atoms with Crippen LogP contribution in [-0.2, 0) is 5.41 Å². The van der Waals surface area contributed by atoms with Crippen LogP contribution >= 0.6 is 22.7 Å². The standard InChI is InChI=1S/C57H35NO2S2/c1-57(2)42-21-7-3-14-33(42)34-29-28-32(30-43(34)57)58(45-23-12-19-38-36-16-6-10-27-50(36)62-56(38)45)44-22-13-25-47-51(44)41-31-48-52(39-17-4-8-24-46(39)59-48)53(54(41)60-47)40-20-11-18-37-35-15-5-9-26-49(35)61-55(37)40/h3-31H,1-2H3. The fraction of sp³-hybridized carbons (Fsp3) is 0.0526. The summed E-state index contributed by atoms with van der Waals surface area (Å²) in [5.41, 5.74) is 14.1. The molecule has 0 aliphatic heterocycles. The minimum absolute atomic E-state index is 0.166. The first-order valence-electron chi connectivity index (χ1n) is 21.2. The van der Waals surface area contributed by atoms with Crippen molar-refractivity contribution in [3.8, 4) is 22.3 Å². The van der Waals surface area contributed by atoms with E-state index >= 15 is 0 Å². The van der Waals surface area contributed by atoms with E-state index in [0.717, 1.165) is 72.1 Å². The lowest BCUT2D eigenvalue weighted by Gasteiger charge is -2.29. The van der Waals surface area contributed by atoms with Crippen LogP contribution in [0.4, 0.5) is 17.1 Å². The highest BCUT2D eigenvalue weighted by molar-refractivity contribution is 7.26. The quantitative estimate of drug-likeness (QED) is 0.177. The summed E-state index contributed by atoms with van der Waals surface area (Å²) >= 11 is 3.71. The normalized spacial score (nSPS) is 13.5. The molecule has 0 radical (unpaired) electrons. The molecule has 14 rings (SSSR count). The number of anilines is 3. The van der Waals surface area contributed by atoms with E-state index < -0.39 is 0 Å². The zero-order valence-electron chi connectivity index (χ0n) is 33.8. The number of thiophene rings is 2. The largest absolute Gasteiger partial charge is 0.456 e. The van der Waals surface area contributed by atoms with Crippen molar-refractivity contribution < 1.29 is 8.83 Å². The van der Waals surface area contributed by atoms with E-state index in [-0.39, 0.29) is 5.41 Å². The summed E-state index contributed by atoms with van der Waals surface area (Å²) in [4.78, 5) is 2.49. The molecule has 0 saturated carbocycles. The lowest BCUT2D eigenvalue weighted by atomic mass is 9.82. The van der Waals surface area contributed by atoms with E-state index in [9.17, 15) is 0 Å². The third-order valence-corrected chi connectivity index (χ3v) is 15.9. The molecule has 0 amide bonds. The number of furan rings is 2. The number of hydrogen-bond acceptors (Lipinski definition) is 5. The maximum atomic E-state index is 7.27. The first-order chi connectivity index (χ1) is 30.5. The molecule has 3 nitrogen and oxygen atoms in total. The fourth-order valence-electron chi connectivity index (χ4n) is 10.7. The summed E-state index contributed by atoms with van der Waals surface area (Å²) in [7, 11) is 0. The monoisotopic (exact) mass is 829 g/mol. The van der Waals surface area contributed by atoms with Gasteiger partial charge < -0.3 is 13.7 Å². The van der Waals surface area contributed by atoms with Crippen molar-refractivity contribution in [1.29, 1.82) is 0 Å². The molecule has 5 heteroatoms. The Kier molecular flexibility index (Phi) is 6.93. The van der Waals surface area contributed by atoms with Gasteiger partial charge in [0.25, 0.3) is 0 Å². The van der Waals surface area contributed by atoms with Crippen LogP contribution in [-0.4, -0.2) is 0 Å². The third-order valence-electron chi connectivity index (χ3n) is 13.5. The Morgan fingerprint density at radius 2 is 1.03 bits per heavy atom. The van der Waals surface area contributed by atoms with E-state index in [1.807, 2.05) is 22.7 Å². The summed E-state index contributed by atoms with van der Waals surface area (Å²) < 4.78 is 19.1. The zero-order chi connectivity index (χ0) is 40.8. The van der Waals surface area contributed by atoms with Gasteiger partial charge in [-0.05, 0) is 76.9 Å². The Hall–Kier alpha value is -7.18. The van der Waals surface area contributed by atoms with Crippen molar-refractivity contribution in [2.45, 2.75) is 19.3 Å². The lowest BCUT2D eigenvalue weighted by Crippen LogP contribution is -2.16. The SMILES string of the molecule is CC1(C)c2ccccc2-c2ccc(N(c3cccc4c3sc3ccccc34)c3cccc4oc5c(-c6cccc7c6sc6ccccc67)c6c(cc5c34)oc3ccccc36)cc21. The molecular formula is C57H35NO2S2. The second-order valence-corrected chi connectivity index (χ2v) is 19.2. The molecule has 0 N–H and O–H groups in total. The second kappa shape index (κ2) is 12.5. The van der Waals surface area contributed by atoms with E-state index in [1.54, 1.807) is 0 Å². The maximum absolute atomic E-state index is 7.27. The molecule has 0 spiro atoms. The highest BCUT2D eigenvalue weighted by atomic mass is 32.1. The molecule has 4 heterocycles. The van der Waals surface area contributed by atoms with Crippen LogP contribution in [0, 0.1) is 0 Å². The molecular weight excluding hydrogens is 795 g/mol. The second-order valence-electron chi connectivity index (χ2n) is 17.1. The minimum atomic E-state index is -0.166. The van der Waals surface area contributed by atoms with Crippen LogP contribution in [0.1, 0.15) is 25.0 Å². The van der Waals surface area contributed by atoms with Gasteiger partial charge in [0.05, 0.1) is 21.5 Å². The zero-order valence-corrected chi connectivity index (χ0v) is 35.5. The summed E-state index contributed by atoms with van der Waals surface area (Å²) in [6.45, 7) is 4.72. The molecule has 292 valence electrons. The van der Waals surface area contributed by atoms with Gasteiger partial charge in [-0.2, -0.15) is 0 Å². The molecule has 0 bridgehead atoms. The van der Waals surface area contributed by atoms with Crippen molar-refractivity contribution in [2.24, 2.45) is 0 Å². The van der Waals surface area contributed by atoms with Crippen molar-refractivity contribution in [1.82, 2.24) is 0 Å². The van der Waals surface area contributed by atoms with Crippen molar-refractivity contribution in [3.63, 3.8) is 0 Å². The van der Waals surface area contributed by atoms with Crippen molar-refractivity contribution >= 4 is 124 Å². The number of hydrogen-bond donors (Lipinski definition) is 0. The average Bonchev–Trinajstić information content (AvgIpc) is 4.12. The van der Waals surface area contributed by atoms with Crippen LogP contribution in [0.2, 0.25) is 0 Å². The van der Waals surface area contributed by atoms with Crippen LogP contribution in [0.15, 0.2) is 185 Å². The van der Waals surface area contributed by atoms with E-state index in [2.05, 4.69) is 195 Å². The molecule has 4 aromatic heterocycles. The molecule has 0 atom stereocenters. The van der Waals surface area contributed by atoms with Gasteiger partial charge >= 0.3 is 0 Å². The van der Waals surface area contributed by atoms with Crippen LogP contribution in [0.25, 0.3) is 106 Å². The van der Waals surface area contributed by atoms with E-state index in [1.165, 1.54) is 62.6 Å². The third kappa shape index (κ3) is 4.59. The molecule has 9 aromatic carbocycles. The smallest absolute Gasteiger partial charge is 0.144 e. The Morgan fingerprint density at radius 3 is 1.87 bits per heavy atom. The molecule has 1 aliphatic rings. The molecule has 0 unspecified atom stereocenters. The molecule has 0 saturated heterocycles. The number of para-hydroxylation sites is 1. The topological polar surface area (TPSA) is 29.5 Å². The number of nitrogens with zero attached hydrogens (tertiary/aromatic N) is 1. The van der Waals surface area contributed by atoms with E-state index in [0.29, 0.717) is 0 Å². The van der Waals surface area contributed by atoms with Gasteiger partial charge in [0.2, 0.25) is 0 Å². The fourth-order valence-corrected chi connectivity index (χ4v) is 13.1. The lowest BCUT2D eigenvalue weighted by molar-refractivity contribution is 0.660. The highest BCUT2D eigenvalue weighted by Crippen LogP contribution is 2.55. The summed E-state index contributed by atoms with van der Waals surface area (Å²) in [6.07, 6.45) is 0. The summed E-state index contributed by atoms with van der Waals surface area (Å²) in [5.74, 6) is 0. The predicted molar refractivity (Wildman–Crippen MR) is 264 cm³/mol. The van der Waals surface area contributed by atoms with Gasteiger partial charge in [-0.15, -0.1) is 22.7 Å². The first kappa shape index (κ1) is 34.5. The number of rotatable bonds is 4. The predicted octanol–water partition coefficient (Wildman–Crippen LogP) is 17.7. The Balaban J connectivity index is 1.11. The number of benzene rings is 9. The van der Waals surface area contributed by atoms with Crippen LogP contribution in [0.3, 0.4) is 0 Å². The van der Waals surface area contributed by atoms with E-state index in [4.69, 9.17) is 8.83 Å². The Labute approximate surface area is 364 Å². The Morgan fingerprint density at radius 1 is 0.419 bits per heavy atom. The molecule has 62 heavy (non-hydrogen) atoms. The molecule has 13 aromatic rings. The average molecular weight is 830 g/mol. The van der Waals surface area contributed by atoms with Crippen LogP contribution in [0.5, 0.6) is 0 Å². The van der Waals surface area contributed by atoms with Crippen molar-refractivity contribution in [3.05, 3.63) is 187 Å². The summed E-state index contributed by atoms with van der Waals surface area (Å²) in [5, 5.41) is 9.29. The Bertz CT molecular complexity index is 4040. The molecule has 1 aliphatic carbocycles. The van der Waals surface area contributed by atoms with Gasteiger partial charge in [0, 0.05) is 74.0 Å². The highest BCUT2D eigenvalue weighted by Gasteiger charge is 2.36. The number of fused-ring (bicyclic) bond motifs is 15. The van der Waals surface area contributed by atoms with Gasteiger partial charge in [-0.3, -0.25) is 0 Å². The van der Waals surface area contributed by atoms with Gasteiger partial charge in [-0.1, -0.05) is 135 Å². The summed E-state index contributed by atoms with van der Waals surface area (Å²) in [6, 6.07) is 64.2. The minimum Gasteiger partial charge on any atom is -0.456 e. The van der Waals surface area contributed by atoms with Gasteiger partial charge in [0.1, 0.15) is 22.3 Å². The van der Waals surface area contributed by atoms with Gasteiger partial charge in [0.15, 0.2) is 0 Å². The first-order valence-corrected chi connectivity index (χ1v) is 22.8. The van der Waals surface area contributed by atoms with Gasteiger partial charge in [-0.25, -0.2) is 0 Å². The molecule has 0 fully saturated rings. The van der Waals surface area contributed by atoms with Crippen molar-refractivity contribution in [2.75, 3.05) is 4.90 Å². The maximum Gasteiger partial charge on any atom is 0.144 e. The van der Waals surface area contributed by atoms with Crippen LogP contribution < -0.4 is 4.90 Å².